The fourth-order valence-corrected chi connectivity index (χ4v) is 2.58. The van der Waals surface area contributed by atoms with Gasteiger partial charge in [-0.15, -0.1) is 0 Å². The maximum atomic E-state index is 12.3. The number of ketones is 1. The molecule has 0 aromatic heterocycles. The van der Waals surface area contributed by atoms with Crippen LogP contribution in [0.4, 0.5) is 5.69 Å². The van der Waals surface area contributed by atoms with Gasteiger partial charge in [-0.25, -0.2) is 0 Å². The first-order valence-electron chi connectivity index (χ1n) is 6.29. The van der Waals surface area contributed by atoms with Gasteiger partial charge in [0.25, 0.3) is 0 Å². The summed E-state index contributed by atoms with van der Waals surface area (Å²) in [5.74, 6) is 0.253. The van der Waals surface area contributed by atoms with E-state index < -0.39 is 0 Å². The standard InChI is InChI=1S/C14H15NO3/c16-13-8-11-7-10(1-2-12(11)15-13)14(17)9-3-5-18-6-4-9/h1-2,7,9H,3-6,8H2,(H,15,16). The van der Waals surface area contributed by atoms with Crippen LogP contribution in [0.2, 0.25) is 0 Å². The predicted molar refractivity (Wildman–Crippen MR) is 66.6 cm³/mol. The monoisotopic (exact) mass is 245 g/mol. The lowest BCUT2D eigenvalue weighted by molar-refractivity contribution is -0.115. The number of carbonyl (C=O) groups excluding carboxylic acids is 2. The van der Waals surface area contributed by atoms with E-state index in [0.29, 0.717) is 19.6 Å². The molecule has 2 aliphatic rings. The molecule has 1 amide bonds. The fourth-order valence-electron chi connectivity index (χ4n) is 2.58. The molecule has 0 spiro atoms. The molecule has 1 saturated heterocycles. The fraction of sp³-hybridized carbons (Fsp3) is 0.429. The topological polar surface area (TPSA) is 55.4 Å². The number of fused-ring (bicyclic) bond motifs is 1. The maximum absolute atomic E-state index is 12.3. The quantitative estimate of drug-likeness (QED) is 0.808. The summed E-state index contributed by atoms with van der Waals surface area (Å²) in [6, 6.07) is 5.49. The van der Waals surface area contributed by atoms with Crippen LogP contribution < -0.4 is 5.32 Å². The Morgan fingerprint density at radius 3 is 2.83 bits per heavy atom. The Morgan fingerprint density at radius 2 is 2.06 bits per heavy atom. The van der Waals surface area contributed by atoms with Crippen LogP contribution in [0.15, 0.2) is 18.2 Å². The minimum atomic E-state index is 0.000616. The summed E-state index contributed by atoms with van der Waals surface area (Å²) in [4.78, 5) is 23.6. The molecule has 1 aromatic rings. The zero-order valence-electron chi connectivity index (χ0n) is 10.1. The van der Waals surface area contributed by atoms with Crippen LogP contribution in [0.25, 0.3) is 0 Å². The summed E-state index contributed by atoms with van der Waals surface area (Å²) in [6.45, 7) is 1.34. The van der Waals surface area contributed by atoms with Crippen molar-refractivity contribution < 1.29 is 14.3 Å². The number of anilines is 1. The largest absolute Gasteiger partial charge is 0.381 e. The van der Waals surface area contributed by atoms with E-state index in [4.69, 9.17) is 4.74 Å². The second-order valence-electron chi connectivity index (χ2n) is 4.85. The molecule has 1 fully saturated rings. The molecule has 0 bridgehead atoms. The van der Waals surface area contributed by atoms with Gasteiger partial charge in [0.2, 0.25) is 5.91 Å². The maximum Gasteiger partial charge on any atom is 0.228 e. The summed E-state index contributed by atoms with van der Waals surface area (Å²) < 4.78 is 5.27. The van der Waals surface area contributed by atoms with Crippen molar-refractivity contribution in [3.05, 3.63) is 29.3 Å². The third-order valence-electron chi connectivity index (χ3n) is 3.61. The van der Waals surface area contributed by atoms with Gasteiger partial charge >= 0.3 is 0 Å². The van der Waals surface area contributed by atoms with E-state index in [2.05, 4.69) is 5.32 Å². The van der Waals surface area contributed by atoms with Gasteiger partial charge in [-0.1, -0.05) is 0 Å². The molecule has 18 heavy (non-hydrogen) atoms. The molecule has 1 aromatic carbocycles. The zero-order chi connectivity index (χ0) is 12.5. The SMILES string of the molecule is O=C1Cc2cc(C(=O)C3CCOCC3)ccc2N1. The highest BCUT2D eigenvalue weighted by Crippen LogP contribution is 2.26. The Kier molecular flexibility index (Phi) is 2.88. The second-order valence-corrected chi connectivity index (χ2v) is 4.85. The van der Waals surface area contributed by atoms with Crippen LogP contribution in [-0.2, 0) is 16.0 Å². The van der Waals surface area contributed by atoms with Crippen LogP contribution >= 0.6 is 0 Å². The molecule has 0 aliphatic carbocycles. The molecule has 0 unspecified atom stereocenters. The molecule has 2 aliphatic heterocycles. The first-order valence-corrected chi connectivity index (χ1v) is 6.29. The number of carbonyl (C=O) groups is 2. The van der Waals surface area contributed by atoms with Crippen LogP contribution in [0.5, 0.6) is 0 Å². The number of rotatable bonds is 2. The number of ether oxygens (including phenoxy) is 1. The Bertz CT molecular complexity index is 504. The van der Waals surface area contributed by atoms with Crippen LogP contribution in [-0.4, -0.2) is 24.9 Å². The minimum Gasteiger partial charge on any atom is -0.381 e. The van der Waals surface area contributed by atoms with Crippen LogP contribution in [0.3, 0.4) is 0 Å². The molecule has 4 nitrogen and oxygen atoms in total. The van der Waals surface area contributed by atoms with E-state index in [9.17, 15) is 9.59 Å². The minimum absolute atomic E-state index is 0.000616. The summed E-state index contributed by atoms with van der Waals surface area (Å²) in [5.41, 5.74) is 2.48. The lowest BCUT2D eigenvalue weighted by atomic mass is 9.90. The highest BCUT2D eigenvalue weighted by molar-refractivity contribution is 6.02. The summed E-state index contributed by atoms with van der Waals surface area (Å²) in [5, 5.41) is 2.77. The average Bonchev–Trinajstić information content (AvgIpc) is 2.78. The highest BCUT2D eigenvalue weighted by Gasteiger charge is 2.25. The number of hydrogen-bond acceptors (Lipinski definition) is 3. The molecule has 0 radical (unpaired) electrons. The third kappa shape index (κ3) is 2.04. The van der Waals surface area contributed by atoms with E-state index in [1.54, 1.807) is 0 Å². The van der Waals surface area contributed by atoms with Gasteiger partial charge in [0.15, 0.2) is 5.78 Å². The molecular formula is C14H15NO3. The number of amides is 1. The van der Waals surface area contributed by atoms with Crippen molar-refractivity contribution in [2.45, 2.75) is 19.3 Å². The van der Waals surface area contributed by atoms with E-state index >= 15 is 0 Å². The first kappa shape index (κ1) is 11.4. The number of Topliss-reactive ketones (excluding diaryl/α,β-unsaturated/α-hetero) is 1. The van der Waals surface area contributed by atoms with Gasteiger partial charge < -0.3 is 10.1 Å². The Hall–Kier alpha value is -1.68. The van der Waals surface area contributed by atoms with Gasteiger partial charge in [0.05, 0.1) is 6.42 Å². The smallest absolute Gasteiger partial charge is 0.228 e. The summed E-state index contributed by atoms with van der Waals surface area (Å²) in [7, 11) is 0. The van der Waals surface area contributed by atoms with Gasteiger partial charge in [-0.05, 0) is 36.6 Å². The molecule has 2 heterocycles. The molecular weight excluding hydrogens is 230 g/mol. The molecule has 4 heteroatoms. The second kappa shape index (κ2) is 4.53. The van der Waals surface area contributed by atoms with Gasteiger partial charge in [0, 0.05) is 30.4 Å². The number of nitrogens with one attached hydrogen (secondary N) is 1. The zero-order valence-corrected chi connectivity index (χ0v) is 10.1. The Labute approximate surface area is 105 Å². The molecule has 94 valence electrons. The predicted octanol–water partition coefficient (Wildman–Crippen LogP) is 1.79. The highest BCUT2D eigenvalue weighted by atomic mass is 16.5. The number of benzene rings is 1. The number of hydrogen-bond donors (Lipinski definition) is 1. The first-order chi connectivity index (χ1) is 8.74. The molecule has 0 saturated carbocycles. The average molecular weight is 245 g/mol. The lowest BCUT2D eigenvalue weighted by Crippen LogP contribution is -2.23. The van der Waals surface area contributed by atoms with E-state index in [1.165, 1.54) is 0 Å². The van der Waals surface area contributed by atoms with Crippen LogP contribution in [0.1, 0.15) is 28.8 Å². The molecule has 3 rings (SSSR count). The third-order valence-corrected chi connectivity index (χ3v) is 3.61. The lowest BCUT2D eigenvalue weighted by Gasteiger charge is -2.20. The normalized spacial score (nSPS) is 19.4. The van der Waals surface area contributed by atoms with Crippen molar-refractivity contribution in [2.75, 3.05) is 18.5 Å². The van der Waals surface area contributed by atoms with E-state index in [-0.39, 0.29) is 17.6 Å². The molecule has 0 atom stereocenters. The van der Waals surface area contributed by atoms with E-state index in [1.807, 2.05) is 18.2 Å². The van der Waals surface area contributed by atoms with Crippen molar-refractivity contribution in [2.24, 2.45) is 5.92 Å². The van der Waals surface area contributed by atoms with Crippen molar-refractivity contribution in [1.82, 2.24) is 0 Å². The van der Waals surface area contributed by atoms with Crippen molar-refractivity contribution in [1.29, 1.82) is 0 Å². The summed E-state index contributed by atoms with van der Waals surface area (Å²) >= 11 is 0. The van der Waals surface area contributed by atoms with E-state index in [0.717, 1.165) is 29.7 Å². The van der Waals surface area contributed by atoms with Crippen LogP contribution in [0, 0.1) is 5.92 Å². The van der Waals surface area contributed by atoms with Gasteiger partial charge in [0.1, 0.15) is 0 Å². The van der Waals surface area contributed by atoms with Gasteiger partial charge in [-0.3, -0.25) is 9.59 Å². The molecule has 1 N–H and O–H groups in total. The van der Waals surface area contributed by atoms with Crippen molar-refractivity contribution >= 4 is 17.4 Å². The Balaban J connectivity index is 1.82. The summed E-state index contributed by atoms with van der Waals surface area (Å²) in [6.07, 6.45) is 1.98. The van der Waals surface area contributed by atoms with Gasteiger partial charge in [-0.2, -0.15) is 0 Å². The Morgan fingerprint density at radius 1 is 1.28 bits per heavy atom. The van der Waals surface area contributed by atoms with Crippen molar-refractivity contribution in [3.8, 4) is 0 Å². The van der Waals surface area contributed by atoms with Crippen molar-refractivity contribution in [3.63, 3.8) is 0 Å².